The van der Waals surface area contributed by atoms with Crippen LogP contribution < -0.4 is 0 Å². The fraction of sp³-hybridized carbons (Fsp3) is 0.250. The number of hydrogen-bond donors (Lipinski definition) is 1. The van der Waals surface area contributed by atoms with Gasteiger partial charge in [0.1, 0.15) is 0 Å². The molecule has 0 amide bonds. The molecule has 0 aliphatic heterocycles. The van der Waals surface area contributed by atoms with E-state index in [1.165, 1.54) is 0 Å². The minimum atomic E-state index is -4.08. The predicted molar refractivity (Wildman–Crippen MR) is 72.6 cm³/mol. The van der Waals surface area contributed by atoms with E-state index in [4.69, 9.17) is 4.55 Å². The van der Waals surface area contributed by atoms with Gasteiger partial charge in [0.05, 0.1) is 10.4 Å². The molecule has 0 atom stereocenters. The Morgan fingerprint density at radius 1 is 1.17 bits per heavy atom. The number of aromatic nitrogens is 1. The summed E-state index contributed by atoms with van der Waals surface area (Å²) in [5, 5.41) is 1.93. The molecular formula is C12H15NO3S2. The van der Waals surface area contributed by atoms with Crippen molar-refractivity contribution < 1.29 is 13.0 Å². The zero-order chi connectivity index (χ0) is 13.8. The van der Waals surface area contributed by atoms with Gasteiger partial charge in [-0.3, -0.25) is 9.54 Å². The first-order chi connectivity index (χ1) is 8.32. The highest BCUT2D eigenvalue weighted by Crippen LogP contribution is 2.20. The van der Waals surface area contributed by atoms with Crippen LogP contribution in [0.4, 0.5) is 0 Å². The quantitative estimate of drug-likeness (QED) is 0.818. The van der Waals surface area contributed by atoms with Gasteiger partial charge in [0.15, 0.2) is 0 Å². The van der Waals surface area contributed by atoms with Crippen molar-refractivity contribution in [1.29, 1.82) is 0 Å². The molecule has 0 fully saturated rings. The van der Waals surface area contributed by atoms with Crippen LogP contribution in [-0.4, -0.2) is 18.0 Å². The van der Waals surface area contributed by atoms with Gasteiger partial charge in [0.25, 0.3) is 10.1 Å². The fourth-order valence-corrected chi connectivity index (χ4v) is 3.03. The van der Waals surface area contributed by atoms with Crippen LogP contribution >= 0.6 is 11.3 Å². The molecule has 1 N–H and O–H groups in total. The highest BCUT2D eigenvalue weighted by molar-refractivity contribution is 7.86. The largest absolute Gasteiger partial charge is 0.295 e. The van der Waals surface area contributed by atoms with E-state index >= 15 is 0 Å². The summed E-state index contributed by atoms with van der Waals surface area (Å²) in [5.74, 6) is 0. The van der Waals surface area contributed by atoms with Crippen LogP contribution in [0.1, 0.15) is 16.7 Å². The van der Waals surface area contributed by atoms with Crippen molar-refractivity contribution >= 4 is 21.5 Å². The van der Waals surface area contributed by atoms with Crippen LogP contribution in [0.2, 0.25) is 0 Å². The van der Waals surface area contributed by atoms with Crippen LogP contribution in [0.3, 0.4) is 0 Å². The third kappa shape index (κ3) is 4.21. The molecule has 18 heavy (non-hydrogen) atoms. The van der Waals surface area contributed by atoms with Crippen LogP contribution in [0.25, 0.3) is 0 Å². The Bertz CT molecular complexity index is 564. The summed E-state index contributed by atoms with van der Waals surface area (Å²) in [6, 6.07) is 3.46. The molecule has 0 saturated heterocycles. The maximum Gasteiger partial charge on any atom is 0.295 e. The normalized spacial score (nSPS) is 10.7. The highest BCUT2D eigenvalue weighted by atomic mass is 32.2. The third-order valence-electron chi connectivity index (χ3n) is 2.21. The molecule has 0 saturated carbocycles. The lowest BCUT2D eigenvalue weighted by Crippen LogP contribution is -2.04. The van der Waals surface area contributed by atoms with Gasteiger partial charge in [-0.1, -0.05) is 17.7 Å². The van der Waals surface area contributed by atoms with Gasteiger partial charge >= 0.3 is 0 Å². The van der Waals surface area contributed by atoms with Gasteiger partial charge in [0.2, 0.25) is 0 Å². The Labute approximate surface area is 111 Å². The van der Waals surface area contributed by atoms with Crippen molar-refractivity contribution in [2.45, 2.75) is 25.7 Å². The zero-order valence-corrected chi connectivity index (χ0v) is 12.0. The first-order valence-corrected chi connectivity index (χ1v) is 7.58. The molecule has 4 nitrogen and oxygen atoms in total. The van der Waals surface area contributed by atoms with Gasteiger partial charge < -0.3 is 0 Å². The lowest BCUT2D eigenvalue weighted by atomic mass is 10.1. The van der Waals surface area contributed by atoms with E-state index in [1.807, 2.05) is 12.3 Å². The maximum absolute atomic E-state index is 10.9. The van der Waals surface area contributed by atoms with E-state index in [1.54, 1.807) is 49.0 Å². The second-order valence-corrected chi connectivity index (χ2v) is 5.99. The molecule has 0 aliphatic rings. The summed E-state index contributed by atoms with van der Waals surface area (Å²) in [7, 11) is -4.08. The lowest BCUT2D eigenvalue weighted by Gasteiger charge is -2.07. The first-order valence-electron chi connectivity index (χ1n) is 5.20. The number of thiazole rings is 1. The van der Waals surface area contributed by atoms with Gasteiger partial charge in [-0.25, -0.2) is 0 Å². The number of rotatable bonds is 1. The van der Waals surface area contributed by atoms with E-state index in [-0.39, 0.29) is 4.90 Å². The maximum atomic E-state index is 10.9. The van der Waals surface area contributed by atoms with E-state index in [9.17, 15) is 8.42 Å². The first kappa shape index (κ1) is 14.8. The molecule has 98 valence electrons. The second kappa shape index (κ2) is 6.08. The fourth-order valence-electron chi connectivity index (χ4n) is 1.75. The Balaban J connectivity index is 0.000000269. The Hall–Kier alpha value is -1.24. The van der Waals surface area contributed by atoms with Crippen LogP contribution in [0.5, 0.6) is 0 Å². The van der Waals surface area contributed by atoms with Crippen molar-refractivity contribution in [1.82, 2.24) is 4.98 Å². The van der Waals surface area contributed by atoms with Crippen LogP contribution in [0.15, 0.2) is 34.1 Å². The molecule has 0 spiro atoms. The molecule has 0 radical (unpaired) electrons. The molecule has 0 aliphatic carbocycles. The smallest absolute Gasteiger partial charge is 0.282 e. The van der Waals surface area contributed by atoms with Crippen molar-refractivity contribution in [2.24, 2.45) is 0 Å². The van der Waals surface area contributed by atoms with Crippen molar-refractivity contribution in [3.63, 3.8) is 0 Å². The lowest BCUT2D eigenvalue weighted by molar-refractivity contribution is 0.482. The second-order valence-electron chi connectivity index (χ2n) is 3.88. The molecule has 2 aromatic rings. The van der Waals surface area contributed by atoms with Gasteiger partial charge in [-0.2, -0.15) is 8.42 Å². The molecule has 1 aromatic carbocycles. The Kier molecular flexibility index (Phi) is 5.01. The average molecular weight is 285 g/mol. The van der Waals surface area contributed by atoms with E-state index in [0.717, 1.165) is 5.56 Å². The minimum absolute atomic E-state index is 0.0260. The van der Waals surface area contributed by atoms with Crippen molar-refractivity contribution in [2.75, 3.05) is 0 Å². The molecule has 0 unspecified atom stereocenters. The van der Waals surface area contributed by atoms with E-state index < -0.39 is 10.1 Å². The van der Waals surface area contributed by atoms with E-state index in [2.05, 4.69) is 4.98 Å². The van der Waals surface area contributed by atoms with Crippen molar-refractivity contribution in [3.05, 3.63) is 45.9 Å². The monoisotopic (exact) mass is 285 g/mol. The standard InChI is InChI=1S/C9H12O3S.C3H3NS/c1-6-4-7(2)9(8(3)5-6)13(10,11)12;1-2-5-3-4-1/h4-5H,1-3H3,(H,10,11,12);1-3H. The number of aryl methyl sites for hydroxylation is 3. The highest BCUT2D eigenvalue weighted by Gasteiger charge is 2.15. The third-order valence-corrected chi connectivity index (χ3v) is 3.89. The number of hydrogen-bond acceptors (Lipinski definition) is 4. The molecule has 1 aromatic heterocycles. The molecule has 0 bridgehead atoms. The summed E-state index contributed by atoms with van der Waals surface area (Å²) >= 11 is 1.60. The van der Waals surface area contributed by atoms with Gasteiger partial charge in [0, 0.05) is 11.6 Å². The SMILES string of the molecule is Cc1cc(C)c(S(=O)(=O)O)c(C)c1.c1cscn1. The average Bonchev–Trinajstić information content (AvgIpc) is 2.69. The summed E-state index contributed by atoms with van der Waals surface area (Å²) in [5.41, 5.74) is 3.95. The zero-order valence-electron chi connectivity index (χ0n) is 10.4. The predicted octanol–water partition coefficient (Wildman–Crippen LogP) is 3.00. The Morgan fingerprint density at radius 2 is 1.72 bits per heavy atom. The molecule has 2 rings (SSSR count). The minimum Gasteiger partial charge on any atom is -0.282 e. The summed E-state index contributed by atoms with van der Waals surface area (Å²) in [6.07, 6.45) is 1.77. The van der Waals surface area contributed by atoms with Gasteiger partial charge in [-0.15, -0.1) is 11.3 Å². The van der Waals surface area contributed by atoms with Gasteiger partial charge in [-0.05, 0) is 31.9 Å². The van der Waals surface area contributed by atoms with Crippen LogP contribution in [-0.2, 0) is 10.1 Å². The Morgan fingerprint density at radius 3 is 2.00 bits per heavy atom. The number of benzene rings is 1. The summed E-state index contributed by atoms with van der Waals surface area (Å²) in [6.45, 7) is 5.22. The molecule has 6 heteroatoms. The topological polar surface area (TPSA) is 67.3 Å². The molecular weight excluding hydrogens is 270 g/mol. The summed E-state index contributed by atoms with van der Waals surface area (Å²) in [4.78, 5) is 3.77. The summed E-state index contributed by atoms with van der Waals surface area (Å²) < 4.78 is 30.8. The number of nitrogens with zero attached hydrogens (tertiary/aromatic N) is 1. The van der Waals surface area contributed by atoms with Crippen molar-refractivity contribution in [3.8, 4) is 0 Å². The van der Waals surface area contributed by atoms with Crippen LogP contribution in [0, 0.1) is 20.8 Å². The van der Waals surface area contributed by atoms with E-state index in [0.29, 0.717) is 11.1 Å². The molecule has 1 heterocycles.